The number of hydrogen-bond acceptors (Lipinski definition) is 4. The van der Waals surface area contributed by atoms with Gasteiger partial charge in [-0.25, -0.2) is 9.07 Å². The fraction of sp³-hybridized carbons (Fsp3) is 0.467. The summed E-state index contributed by atoms with van der Waals surface area (Å²) >= 11 is 0. The molecule has 0 unspecified atom stereocenters. The van der Waals surface area contributed by atoms with Gasteiger partial charge in [-0.3, -0.25) is 4.79 Å². The van der Waals surface area contributed by atoms with Crippen molar-refractivity contribution in [2.45, 2.75) is 25.8 Å². The zero-order valence-electron chi connectivity index (χ0n) is 11.9. The highest BCUT2D eigenvalue weighted by Gasteiger charge is 2.23. The van der Waals surface area contributed by atoms with Crippen LogP contribution in [0.15, 0.2) is 23.1 Å². The molecule has 0 amide bonds. The highest BCUT2D eigenvalue weighted by molar-refractivity contribution is 5.86. The first-order chi connectivity index (χ1) is 10.1. The molecule has 0 spiro atoms. The Morgan fingerprint density at radius 2 is 2.10 bits per heavy atom. The Balaban J connectivity index is 2.03. The maximum Gasteiger partial charge on any atom is 0.278 e. The van der Waals surface area contributed by atoms with Crippen LogP contribution >= 0.6 is 0 Å². The zero-order valence-corrected chi connectivity index (χ0v) is 11.9. The molecule has 112 valence electrons. The molecule has 1 aliphatic heterocycles. The van der Waals surface area contributed by atoms with Gasteiger partial charge >= 0.3 is 0 Å². The van der Waals surface area contributed by atoms with Gasteiger partial charge in [0.15, 0.2) is 0 Å². The molecule has 0 bridgehead atoms. The summed E-state index contributed by atoms with van der Waals surface area (Å²) in [7, 11) is 0. The lowest BCUT2D eigenvalue weighted by atomic mass is 10.0. The average molecular weight is 291 g/mol. The number of hydrogen-bond donors (Lipinski definition) is 1. The van der Waals surface area contributed by atoms with E-state index in [1.807, 2.05) is 0 Å². The van der Waals surface area contributed by atoms with Gasteiger partial charge in [-0.1, -0.05) is 6.92 Å². The number of halogens is 1. The molecule has 1 N–H and O–H groups in total. The van der Waals surface area contributed by atoms with Gasteiger partial charge in [0.1, 0.15) is 11.6 Å². The zero-order chi connectivity index (χ0) is 15.0. The molecule has 0 radical (unpaired) electrons. The quantitative estimate of drug-likeness (QED) is 0.918. The van der Waals surface area contributed by atoms with Gasteiger partial charge in [0.05, 0.1) is 23.0 Å². The van der Waals surface area contributed by atoms with Crippen LogP contribution in [-0.4, -0.2) is 39.4 Å². The van der Waals surface area contributed by atoms with Crippen molar-refractivity contribution in [1.29, 1.82) is 0 Å². The lowest BCUT2D eigenvalue weighted by Gasteiger charge is -2.31. The second-order valence-electron chi connectivity index (χ2n) is 5.41. The third-order valence-corrected chi connectivity index (χ3v) is 4.26. The van der Waals surface area contributed by atoms with Crippen molar-refractivity contribution in [1.82, 2.24) is 14.7 Å². The molecule has 0 aliphatic carbocycles. The Morgan fingerprint density at radius 1 is 1.38 bits per heavy atom. The van der Waals surface area contributed by atoms with Crippen molar-refractivity contribution in [3.05, 3.63) is 34.5 Å². The summed E-state index contributed by atoms with van der Waals surface area (Å²) in [6.45, 7) is 4.93. The molecule has 2 aromatic rings. The highest BCUT2D eigenvalue weighted by atomic mass is 19.1. The largest absolute Gasteiger partial charge is 0.507 e. The number of likely N-dealkylation sites (tertiary alicyclic amines) is 1. The SMILES string of the molecule is CCN1CCC(n2ncc3c(O)ccc(F)c3c2=O)CC1. The van der Waals surface area contributed by atoms with Crippen LogP contribution in [0.3, 0.4) is 0 Å². The molecular weight excluding hydrogens is 273 g/mol. The van der Waals surface area contributed by atoms with E-state index in [4.69, 9.17) is 0 Å². The smallest absolute Gasteiger partial charge is 0.278 e. The number of phenols is 1. The Morgan fingerprint density at radius 3 is 2.76 bits per heavy atom. The van der Waals surface area contributed by atoms with E-state index in [0.29, 0.717) is 0 Å². The van der Waals surface area contributed by atoms with Gasteiger partial charge in [0.25, 0.3) is 5.56 Å². The number of nitrogens with zero attached hydrogens (tertiary/aromatic N) is 3. The molecule has 1 fully saturated rings. The number of aromatic hydroxyl groups is 1. The van der Waals surface area contributed by atoms with Crippen LogP contribution in [0, 0.1) is 5.82 Å². The van der Waals surface area contributed by atoms with Crippen LogP contribution in [-0.2, 0) is 0 Å². The number of piperidine rings is 1. The van der Waals surface area contributed by atoms with Gasteiger partial charge in [-0.2, -0.15) is 5.10 Å². The first-order valence-corrected chi connectivity index (χ1v) is 7.23. The molecule has 1 aromatic carbocycles. The number of rotatable bonds is 2. The second kappa shape index (κ2) is 5.44. The predicted octanol–water partition coefficient (Wildman–Crippen LogP) is 1.90. The molecule has 0 saturated carbocycles. The maximum atomic E-state index is 13.9. The Labute approximate surface area is 121 Å². The third-order valence-electron chi connectivity index (χ3n) is 4.26. The summed E-state index contributed by atoms with van der Waals surface area (Å²) in [5.74, 6) is -0.737. The van der Waals surface area contributed by atoms with Crippen molar-refractivity contribution in [2.24, 2.45) is 0 Å². The lowest BCUT2D eigenvalue weighted by molar-refractivity contribution is 0.184. The van der Waals surface area contributed by atoms with Crippen LogP contribution in [0.1, 0.15) is 25.8 Å². The number of aromatic nitrogens is 2. The molecule has 2 heterocycles. The van der Waals surface area contributed by atoms with Crippen LogP contribution < -0.4 is 5.56 Å². The van der Waals surface area contributed by atoms with Crippen LogP contribution in [0.5, 0.6) is 5.75 Å². The van der Waals surface area contributed by atoms with E-state index >= 15 is 0 Å². The number of phenolic OH excluding ortho intramolecular Hbond substituents is 1. The Kier molecular flexibility index (Phi) is 3.63. The summed E-state index contributed by atoms with van der Waals surface area (Å²) in [5.41, 5.74) is -0.462. The topological polar surface area (TPSA) is 58.4 Å². The Hall–Kier alpha value is -1.95. The van der Waals surface area contributed by atoms with E-state index in [1.54, 1.807) is 0 Å². The van der Waals surface area contributed by atoms with Crippen LogP contribution in [0.4, 0.5) is 4.39 Å². The monoisotopic (exact) mass is 291 g/mol. The van der Waals surface area contributed by atoms with E-state index in [2.05, 4.69) is 16.9 Å². The third kappa shape index (κ3) is 2.40. The fourth-order valence-electron chi connectivity index (χ4n) is 2.96. The minimum Gasteiger partial charge on any atom is -0.507 e. The fourth-order valence-corrected chi connectivity index (χ4v) is 2.96. The van der Waals surface area contributed by atoms with Crippen molar-refractivity contribution in [2.75, 3.05) is 19.6 Å². The van der Waals surface area contributed by atoms with Gasteiger partial charge in [0, 0.05) is 13.1 Å². The van der Waals surface area contributed by atoms with Crippen molar-refractivity contribution >= 4 is 10.8 Å². The van der Waals surface area contributed by atoms with Crippen molar-refractivity contribution in [3.8, 4) is 5.75 Å². The predicted molar refractivity (Wildman–Crippen MR) is 78.0 cm³/mol. The van der Waals surface area contributed by atoms with Crippen LogP contribution in [0.2, 0.25) is 0 Å². The second-order valence-corrected chi connectivity index (χ2v) is 5.41. The number of fused-ring (bicyclic) bond motifs is 1. The molecule has 6 heteroatoms. The maximum absolute atomic E-state index is 13.9. The molecule has 3 rings (SSSR count). The van der Waals surface area contributed by atoms with E-state index in [9.17, 15) is 14.3 Å². The molecule has 1 aliphatic rings. The highest BCUT2D eigenvalue weighted by Crippen LogP contribution is 2.25. The van der Waals surface area contributed by atoms with E-state index in [1.165, 1.54) is 16.9 Å². The van der Waals surface area contributed by atoms with E-state index < -0.39 is 11.4 Å². The summed E-state index contributed by atoms with van der Waals surface area (Å²) < 4.78 is 15.3. The summed E-state index contributed by atoms with van der Waals surface area (Å²) in [4.78, 5) is 14.8. The van der Waals surface area contributed by atoms with Gasteiger partial charge in [-0.15, -0.1) is 0 Å². The minimum atomic E-state index is -0.616. The van der Waals surface area contributed by atoms with Crippen molar-refractivity contribution in [3.63, 3.8) is 0 Å². The summed E-state index contributed by atoms with van der Waals surface area (Å²) in [6.07, 6.45) is 3.03. The van der Waals surface area contributed by atoms with Crippen molar-refractivity contribution < 1.29 is 9.50 Å². The van der Waals surface area contributed by atoms with Gasteiger partial charge in [0.2, 0.25) is 0 Å². The van der Waals surface area contributed by atoms with Gasteiger partial charge < -0.3 is 10.0 Å². The van der Waals surface area contributed by atoms with Gasteiger partial charge in [-0.05, 0) is 31.5 Å². The Bertz CT molecular complexity index is 721. The molecule has 0 atom stereocenters. The van der Waals surface area contributed by atoms with E-state index in [0.717, 1.165) is 38.5 Å². The molecule has 5 nitrogen and oxygen atoms in total. The first-order valence-electron chi connectivity index (χ1n) is 7.23. The summed E-state index contributed by atoms with van der Waals surface area (Å²) in [5, 5.41) is 14.0. The molecule has 21 heavy (non-hydrogen) atoms. The minimum absolute atomic E-state index is 0.00792. The standard InChI is InChI=1S/C15H18FN3O2/c1-2-18-7-5-10(6-8-18)19-15(21)14-11(9-17-19)13(20)4-3-12(14)16/h3-4,9-10,20H,2,5-8H2,1H3. The number of benzene rings is 1. The average Bonchev–Trinajstić information content (AvgIpc) is 2.51. The molecular formula is C15H18FN3O2. The van der Waals surface area contributed by atoms with Crippen LogP contribution in [0.25, 0.3) is 10.8 Å². The van der Waals surface area contributed by atoms with E-state index in [-0.39, 0.29) is 22.6 Å². The molecule has 1 saturated heterocycles. The first kappa shape index (κ1) is 14.0. The lowest BCUT2D eigenvalue weighted by Crippen LogP contribution is -2.38. The molecule has 1 aromatic heterocycles. The normalized spacial score (nSPS) is 17.4. The summed E-state index contributed by atoms with van der Waals surface area (Å²) in [6, 6.07) is 2.35.